The number of H-pyrrole nitrogens is 1. The second-order valence-electron chi connectivity index (χ2n) is 5.97. The Morgan fingerprint density at radius 2 is 1.52 bits per heavy atom. The molecule has 2 aromatic carbocycles. The maximum Gasteiger partial charge on any atom is 0.315 e. The minimum absolute atomic E-state index is 0.0765. The zero-order chi connectivity index (χ0) is 18.9. The van der Waals surface area contributed by atoms with Crippen LogP contribution in [0.4, 0.5) is 4.79 Å². The molecule has 0 unspecified atom stereocenters. The standard InChI is InChI=1S/C20H21N5O2/c26-19(14-23-20(27)22-13-15-4-2-1-3-5-15)21-12-16-6-8-17(9-7-16)18-10-11-24-25-18/h1-11H,12-14H2,(H,21,26)(H,24,25)(H2,22,23,27). The van der Waals surface area contributed by atoms with Gasteiger partial charge in [-0.1, -0.05) is 54.6 Å². The molecule has 0 aliphatic heterocycles. The molecule has 0 atom stereocenters. The van der Waals surface area contributed by atoms with Crippen LogP contribution in [0.1, 0.15) is 11.1 Å². The molecular formula is C20H21N5O2. The van der Waals surface area contributed by atoms with Crippen molar-refractivity contribution in [1.82, 2.24) is 26.1 Å². The Morgan fingerprint density at radius 3 is 2.22 bits per heavy atom. The SMILES string of the molecule is O=C(CNC(=O)NCc1ccccc1)NCc1ccc(-c2ccn[nH]2)cc1. The number of carbonyl (C=O) groups is 2. The van der Waals surface area contributed by atoms with Crippen molar-refractivity contribution in [1.29, 1.82) is 0 Å². The Labute approximate surface area is 157 Å². The summed E-state index contributed by atoms with van der Waals surface area (Å²) in [4.78, 5) is 23.6. The lowest BCUT2D eigenvalue weighted by molar-refractivity contribution is -0.120. The second-order valence-corrected chi connectivity index (χ2v) is 5.97. The second kappa shape index (κ2) is 9.19. The first-order valence-corrected chi connectivity index (χ1v) is 8.62. The molecular weight excluding hydrogens is 342 g/mol. The third-order valence-corrected chi connectivity index (χ3v) is 3.96. The molecule has 0 aliphatic carbocycles. The maximum atomic E-state index is 11.9. The predicted molar refractivity (Wildman–Crippen MR) is 103 cm³/mol. The summed E-state index contributed by atoms with van der Waals surface area (Å²) in [7, 11) is 0. The van der Waals surface area contributed by atoms with Gasteiger partial charge in [0, 0.05) is 19.3 Å². The van der Waals surface area contributed by atoms with E-state index in [2.05, 4.69) is 26.1 Å². The van der Waals surface area contributed by atoms with Crippen molar-refractivity contribution >= 4 is 11.9 Å². The van der Waals surface area contributed by atoms with Crippen LogP contribution >= 0.6 is 0 Å². The van der Waals surface area contributed by atoms with Gasteiger partial charge in [-0.3, -0.25) is 9.89 Å². The minimum Gasteiger partial charge on any atom is -0.350 e. The molecule has 3 amide bonds. The van der Waals surface area contributed by atoms with Crippen LogP contribution in [-0.2, 0) is 17.9 Å². The average Bonchev–Trinajstić information content (AvgIpc) is 3.25. The molecule has 0 saturated carbocycles. The topological polar surface area (TPSA) is 98.9 Å². The third-order valence-electron chi connectivity index (χ3n) is 3.96. The summed E-state index contributed by atoms with van der Waals surface area (Å²) in [6.45, 7) is 0.735. The zero-order valence-corrected chi connectivity index (χ0v) is 14.7. The first-order chi connectivity index (χ1) is 13.2. The fourth-order valence-corrected chi connectivity index (χ4v) is 2.48. The Balaban J connectivity index is 1.36. The number of aromatic nitrogens is 2. The largest absolute Gasteiger partial charge is 0.350 e. The van der Waals surface area contributed by atoms with Gasteiger partial charge in [0.05, 0.1) is 12.2 Å². The van der Waals surface area contributed by atoms with E-state index in [4.69, 9.17) is 0 Å². The highest BCUT2D eigenvalue weighted by molar-refractivity contribution is 5.83. The van der Waals surface area contributed by atoms with Crippen LogP contribution in [-0.4, -0.2) is 28.7 Å². The summed E-state index contributed by atoms with van der Waals surface area (Å²) in [5.74, 6) is -0.248. The molecule has 0 radical (unpaired) electrons. The average molecular weight is 363 g/mol. The number of carbonyl (C=O) groups excluding carboxylic acids is 2. The van der Waals surface area contributed by atoms with E-state index in [1.807, 2.05) is 60.7 Å². The van der Waals surface area contributed by atoms with Crippen LogP contribution in [0, 0.1) is 0 Å². The molecule has 3 aromatic rings. The highest BCUT2D eigenvalue weighted by Crippen LogP contribution is 2.16. The lowest BCUT2D eigenvalue weighted by atomic mass is 10.1. The van der Waals surface area contributed by atoms with E-state index in [9.17, 15) is 9.59 Å². The molecule has 7 nitrogen and oxygen atoms in total. The van der Waals surface area contributed by atoms with Crippen molar-refractivity contribution in [2.24, 2.45) is 0 Å². The van der Waals surface area contributed by atoms with Crippen molar-refractivity contribution in [3.05, 3.63) is 78.0 Å². The molecule has 0 spiro atoms. The number of nitrogens with zero attached hydrogens (tertiary/aromatic N) is 1. The summed E-state index contributed by atoms with van der Waals surface area (Å²) in [5.41, 5.74) is 3.94. The van der Waals surface area contributed by atoms with E-state index in [1.54, 1.807) is 6.20 Å². The number of hydrogen-bond donors (Lipinski definition) is 4. The third kappa shape index (κ3) is 5.71. The monoisotopic (exact) mass is 363 g/mol. The van der Waals surface area contributed by atoms with Gasteiger partial charge in [-0.25, -0.2) is 4.79 Å². The molecule has 27 heavy (non-hydrogen) atoms. The van der Waals surface area contributed by atoms with Gasteiger partial charge in [-0.05, 0) is 22.8 Å². The summed E-state index contributed by atoms with van der Waals surface area (Å²) in [5, 5.41) is 14.9. The number of urea groups is 1. The molecule has 0 saturated heterocycles. The first-order valence-electron chi connectivity index (χ1n) is 8.62. The minimum atomic E-state index is -0.377. The van der Waals surface area contributed by atoms with Crippen LogP contribution in [0.5, 0.6) is 0 Å². The number of rotatable bonds is 7. The number of hydrogen-bond acceptors (Lipinski definition) is 3. The molecule has 1 heterocycles. The zero-order valence-electron chi connectivity index (χ0n) is 14.7. The number of benzene rings is 2. The fourth-order valence-electron chi connectivity index (χ4n) is 2.48. The van der Waals surface area contributed by atoms with Gasteiger partial charge in [0.1, 0.15) is 0 Å². The summed E-state index contributed by atoms with van der Waals surface area (Å²) in [6.07, 6.45) is 1.70. The van der Waals surface area contributed by atoms with Crippen LogP contribution in [0.25, 0.3) is 11.3 Å². The van der Waals surface area contributed by atoms with E-state index in [-0.39, 0.29) is 18.5 Å². The van der Waals surface area contributed by atoms with Crippen molar-refractivity contribution < 1.29 is 9.59 Å². The lowest BCUT2D eigenvalue weighted by Gasteiger charge is -2.09. The maximum absolute atomic E-state index is 11.9. The molecule has 0 fully saturated rings. The Morgan fingerprint density at radius 1 is 0.815 bits per heavy atom. The van der Waals surface area contributed by atoms with Gasteiger partial charge in [-0.2, -0.15) is 5.10 Å². The van der Waals surface area contributed by atoms with Gasteiger partial charge in [0.25, 0.3) is 0 Å². The molecule has 7 heteroatoms. The normalized spacial score (nSPS) is 10.2. The van der Waals surface area contributed by atoms with Gasteiger partial charge in [0.15, 0.2) is 0 Å². The van der Waals surface area contributed by atoms with Crippen LogP contribution in [0.2, 0.25) is 0 Å². The summed E-state index contributed by atoms with van der Waals surface area (Å²) in [6, 6.07) is 18.9. The van der Waals surface area contributed by atoms with Crippen molar-refractivity contribution in [2.75, 3.05) is 6.54 Å². The molecule has 3 rings (SSSR count). The summed E-state index contributed by atoms with van der Waals surface area (Å²) >= 11 is 0. The van der Waals surface area contributed by atoms with E-state index in [0.29, 0.717) is 13.1 Å². The number of aromatic amines is 1. The Bertz CT molecular complexity index is 861. The van der Waals surface area contributed by atoms with E-state index in [1.165, 1.54) is 0 Å². The van der Waals surface area contributed by atoms with Crippen molar-refractivity contribution in [3.8, 4) is 11.3 Å². The number of amides is 3. The smallest absolute Gasteiger partial charge is 0.315 e. The first kappa shape index (κ1) is 18.2. The van der Waals surface area contributed by atoms with Gasteiger partial charge >= 0.3 is 6.03 Å². The molecule has 1 aromatic heterocycles. The molecule has 0 aliphatic rings. The highest BCUT2D eigenvalue weighted by Gasteiger charge is 2.05. The van der Waals surface area contributed by atoms with Crippen molar-refractivity contribution in [2.45, 2.75) is 13.1 Å². The van der Waals surface area contributed by atoms with Gasteiger partial charge in [0.2, 0.25) is 5.91 Å². The predicted octanol–water partition coefficient (Wildman–Crippen LogP) is 2.19. The van der Waals surface area contributed by atoms with Crippen molar-refractivity contribution in [3.63, 3.8) is 0 Å². The molecule has 0 bridgehead atoms. The fraction of sp³-hybridized carbons (Fsp3) is 0.150. The summed E-state index contributed by atoms with van der Waals surface area (Å²) < 4.78 is 0. The van der Waals surface area contributed by atoms with Gasteiger partial charge in [-0.15, -0.1) is 0 Å². The van der Waals surface area contributed by atoms with E-state index in [0.717, 1.165) is 22.4 Å². The van der Waals surface area contributed by atoms with Crippen LogP contribution < -0.4 is 16.0 Å². The van der Waals surface area contributed by atoms with Gasteiger partial charge < -0.3 is 16.0 Å². The molecule has 138 valence electrons. The molecule has 4 N–H and O–H groups in total. The Kier molecular flexibility index (Phi) is 6.19. The quantitative estimate of drug-likeness (QED) is 0.518. The number of nitrogens with one attached hydrogen (secondary N) is 4. The van der Waals surface area contributed by atoms with Crippen LogP contribution in [0.3, 0.4) is 0 Å². The lowest BCUT2D eigenvalue weighted by Crippen LogP contribution is -2.41. The van der Waals surface area contributed by atoms with Crippen LogP contribution in [0.15, 0.2) is 66.9 Å². The van der Waals surface area contributed by atoms with E-state index < -0.39 is 0 Å². The Hall–Kier alpha value is -3.61. The van der Waals surface area contributed by atoms with E-state index >= 15 is 0 Å². The highest BCUT2D eigenvalue weighted by atomic mass is 16.2.